The first kappa shape index (κ1) is 28.0. The number of nitrogens with zero attached hydrogens (tertiary/aromatic N) is 3. The molecule has 0 aliphatic carbocycles. The average molecular weight is 619 g/mol. The molecule has 0 spiro atoms. The maximum absolute atomic E-state index is 13.5. The molecule has 2 N–H and O–H groups in total. The van der Waals surface area contributed by atoms with Crippen LogP contribution in [0, 0.1) is 0 Å². The maximum Gasteiger partial charge on any atom is 0.357 e. The Labute approximate surface area is 254 Å². The Hall–Kier alpha value is -4.19. The summed E-state index contributed by atoms with van der Waals surface area (Å²) < 4.78 is 5.97. The van der Waals surface area contributed by atoms with Crippen LogP contribution in [0.25, 0.3) is 10.7 Å². The summed E-state index contributed by atoms with van der Waals surface area (Å²) in [7, 11) is 0. The van der Waals surface area contributed by atoms with Gasteiger partial charge in [0.1, 0.15) is 33.6 Å². The molecule has 2 aromatic heterocycles. The fourth-order valence-corrected chi connectivity index (χ4v) is 7.14. The summed E-state index contributed by atoms with van der Waals surface area (Å²) in [6.07, 6.45) is 0.784. The third-order valence-corrected chi connectivity index (χ3v) is 9.39. The molecule has 2 aromatic carbocycles. The summed E-state index contributed by atoms with van der Waals surface area (Å²) in [6, 6.07) is 21.0. The smallest absolute Gasteiger partial charge is 0.357 e. The van der Waals surface area contributed by atoms with Crippen LogP contribution in [-0.4, -0.2) is 54.9 Å². The van der Waals surface area contributed by atoms with Gasteiger partial charge in [0.05, 0.1) is 17.1 Å². The molecule has 2 aliphatic rings. The van der Waals surface area contributed by atoms with Gasteiger partial charge in [0.15, 0.2) is 6.10 Å². The minimum atomic E-state index is -0.827. The molecule has 2 aliphatic heterocycles. The summed E-state index contributed by atoms with van der Waals surface area (Å²) >= 11 is 9.10. The van der Waals surface area contributed by atoms with Crippen molar-refractivity contribution < 1.29 is 24.2 Å². The Bertz CT molecular complexity index is 1640. The molecule has 0 saturated carbocycles. The predicted octanol–water partition coefficient (Wildman–Crippen LogP) is 4.64. The summed E-state index contributed by atoms with van der Waals surface area (Å²) in [5.74, 6) is -1.27. The van der Waals surface area contributed by atoms with Crippen molar-refractivity contribution in [1.82, 2.24) is 20.2 Å². The first-order valence-electron chi connectivity index (χ1n) is 12.9. The third-order valence-electron chi connectivity index (χ3n) is 6.74. The van der Waals surface area contributed by atoms with Gasteiger partial charge in [0.25, 0.3) is 5.91 Å². The van der Waals surface area contributed by atoms with Gasteiger partial charge >= 0.3 is 5.97 Å². The number of hydrogen-bond acceptors (Lipinski definition) is 9. The van der Waals surface area contributed by atoms with Crippen molar-refractivity contribution in [1.29, 1.82) is 0 Å². The quantitative estimate of drug-likeness (QED) is 0.216. The number of aromatic nitrogens is 2. The van der Waals surface area contributed by atoms with Crippen LogP contribution in [0.4, 0.5) is 0 Å². The second-order valence-electron chi connectivity index (χ2n) is 9.51. The van der Waals surface area contributed by atoms with Gasteiger partial charge in [0.2, 0.25) is 5.91 Å². The minimum Gasteiger partial charge on any atom is -0.506 e. The lowest BCUT2D eigenvalue weighted by atomic mass is 10.0. The second-order valence-corrected chi connectivity index (χ2v) is 11.9. The van der Waals surface area contributed by atoms with Crippen molar-refractivity contribution in [3.8, 4) is 16.5 Å². The number of β-lactam (4-membered cyclic amide) rings is 1. The Kier molecular flexibility index (Phi) is 7.96. The number of thiazole rings is 1. The van der Waals surface area contributed by atoms with E-state index in [0.29, 0.717) is 16.4 Å². The standard InChI is InChI=1S/C30H23ClN4O5S2/c31-20-16-42-29-24(34-22(37)14-19-15-41-27(33-19)23-21(36)12-7-13-32-23)28(38)35(29)25(20)30(39)40-26(17-8-3-1-4-9-17)18-10-5-2-6-11-18/h1-13,15,24,26,29,36H,14,16H2,(H,34,37). The van der Waals surface area contributed by atoms with E-state index < -0.39 is 35.3 Å². The summed E-state index contributed by atoms with van der Waals surface area (Å²) in [6.45, 7) is 0. The monoisotopic (exact) mass is 618 g/mol. The molecule has 42 heavy (non-hydrogen) atoms. The molecule has 1 fully saturated rings. The average Bonchev–Trinajstić information content (AvgIpc) is 3.47. The highest BCUT2D eigenvalue weighted by molar-refractivity contribution is 8.00. The van der Waals surface area contributed by atoms with Crippen molar-refractivity contribution in [2.24, 2.45) is 0 Å². The number of pyridine rings is 1. The number of thioether (sulfide) groups is 1. The molecule has 12 heteroatoms. The number of esters is 1. The number of benzene rings is 2. The van der Waals surface area contributed by atoms with Gasteiger partial charge in [-0.2, -0.15) is 0 Å². The van der Waals surface area contributed by atoms with E-state index in [9.17, 15) is 19.5 Å². The van der Waals surface area contributed by atoms with E-state index in [4.69, 9.17) is 16.3 Å². The molecule has 0 radical (unpaired) electrons. The Morgan fingerprint density at radius 3 is 2.43 bits per heavy atom. The highest BCUT2D eigenvalue weighted by atomic mass is 35.5. The van der Waals surface area contributed by atoms with Crippen LogP contribution in [0.2, 0.25) is 0 Å². The number of hydrogen-bond donors (Lipinski definition) is 2. The van der Waals surface area contributed by atoms with E-state index in [1.807, 2.05) is 60.7 Å². The van der Waals surface area contributed by atoms with Gasteiger partial charge in [0, 0.05) is 17.3 Å². The second kappa shape index (κ2) is 12.0. The van der Waals surface area contributed by atoms with Crippen LogP contribution in [0.5, 0.6) is 5.75 Å². The van der Waals surface area contributed by atoms with Crippen molar-refractivity contribution in [3.63, 3.8) is 0 Å². The molecule has 2 unspecified atom stereocenters. The number of aromatic hydroxyl groups is 1. The summed E-state index contributed by atoms with van der Waals surface area (Å²) in [5.41, 5.74) is 2.37. The van der Waals surface area contributed by atoms with Crippen LogP contribution >= 0.6 is 34.7 Å². The zero-order valence-corrected chi connectivity index (χ0v) is 24.2. The Morgan fingerprint density at radius 2 is 1.76 bits per heavy atom. The number of nitrogens with one attached hydrogen (secondary N) is 1. The lowest BCUT2D eigenvalue weighted by molar-refractivity contribution is -0.154. The lowest BCUT2D eigenvalue weighted by Crippen LogP contribution is -2.70. The molecule has 4 aromatic rings. The van der Waals surface area contributed by atoms with E-state index in [-0.39, 0.29) is 28.7 Å². The van der Waals surface area contributed by atoms with E-state index in [0.717, 1.165) is 11.1 Å². The first-order valence-corrected chi connectivity index (χ1v) is 15.2. The van der Waals surface area contributed by atoms with Crippen LogP contribution < -0.4 is 5.32 Å². The number of rotatable bonds is 8. The number of fused-ring (bicyclic) bond motifs is 1. The molecule has 2 atom stereocenters. The van der Waals surface area contributed by atoms with Gasteiger partial charge in [-0.3, -0.25) is 14.5 Å². The number of ether oxygens (including phenoxy) is 1. The maximum atomic E-state index is 13.5. The van der Waals surface area contributed by atoms with E-state index in [1.54, 1.807) is 17.6 Å². The number of amides is 2. The van der Waals surface area contributed by atoms with Crippen molar-refractivity contribution in [2.45, 2.75) is 23.9 Å². The van der Waals surface area contributed by atoms with Crippen LogP contribution in [0.3, 0.4) is 0 Å². The highest BCUT2D eigenvalue weighted by Gasteiger charge is 2.54. The topological polar surface area (TPSA) is 122 Å². The normalized spacial score (nSPS) is 18.0. The van der Waals surface area contributed by atoms with Gasteiger partial charge in [-0.05, 0) is 23.3 Å². The molecular weight excluding hydrogens is 596 g/mol. The molecule has 6 rings (SSSR count). The van der Waals surface area contributed by atoms with Gasteiger partial charge in [-0.15, -0.1) is 23.1 Å². The van der Waals surface area contributed by atoms with E-state index >= 15 is 0 Å². The van der Waals surface area contributed by atoms with Gasteiger partial charge in [-0.1, -0.05) is 72.3 Å². The Balaban J connectivity index is 1.14. The van der Waals surface area contributed by atoms with E-state index in [1.165, 1.54) is 34.1 Å². The van der Waals surface area contributed by atoms with Crippen molar-refractivity contribution in [2.75, 3.05) is 5.75 Å². The zero-order chi connectivity index (χ0) is 29.2. The molecular formula is C30H23ClN4O5S2. The predicted molar refractivity (Wildman–Crippen MR) is 159 cm³/mol. The zero-order valence-electron chi connectivity index (χ0n) is 21.8. The molecule has 2 amide bonds. The van der Waals surface area contributed by atoms with E-state index in [2.05, 4.69) is 15.3 Å². The van der Waals surface area contributed by atoms with Gasteiger partial charge < -0.3 is 15.2 Å². The van der Waals surface area contributed by atoms with Crippen LogP contribution in [0.1, 0.15) is 22.9 Å². The molecule has 212 valence electrons. The lowest BCUT2D eigenvalue weighted by Gasteiger charge is -2.49. The molecule has 1 saturated heterocycles. The number of halogens is 1. The first-order chi connectivity index (χ1) is 20.4. The van der Waals surface area contributed by atoms with Crippen LogP contribution in [-0.2, 0) is 25.5 Å². The molecule has 4 heterocycles. The fraction of sp³-hybridized carbons (Fsp3) is 0.167. The summed E-state index contributed by atoms with van der Waals surface area (Å²) in [5, 5.41) is 14.7. The minimum absolute atomic E-state index is 0.00256. The highest BCUT2D eigenvalue weighted by Crippen LogP contribution is 2.42. The summed E-state index contributed by atoms with van der Waals surface area (Å²) in [4.78, 5) is 49.5. The van der Waals surface area contributed by atoms with Gasteiger partial charge in [-0.25, -0.2) is 14.8 Å². The largest absolute Gasteiger partial charge is 0.506 e. The van der Waals surface area contributed by atoms with Crippen molar-refractivity contribution >= 4 is 52.5 Å². The fourth-order valence-electron chi connectivity index (χ4n) is 4.77. The molecule has 0 bridgehead atoms. The van der Waals surface area contributed by atoms with Crippen LogP contribution in [0.15, 0.2) is 95.1 Å². The third kappa shape index (κ3) is 5.50. The number of carbonyl (C=O) groups is 3. The Morgan fingerprint density at radius 1 is 1.07 bits per heavy atom. The number of carbonyl (C=O) groups excluding carboxylic acids is 3. The van der Waals surface area contributed by atoms with Crippen molar-refractivity contribution in [3.05, 3.63) is 112 Å². The molecule has 9 nitrogen and oxygen atoms in total. The SMILES string of the molecule is O=C(Cc1csc(-c2ncccc2O)n1)NC1C(=O)N2C(C(=O)OC(c3ccccc3)c3ccccc3)=C(Cl)CSC12.